The van der Waals surface area contributed by atoms with Crippen LogP contribution in [-0.2, 0) is 16.6 Å². The predicted octanol–water partition coefficient (Wildman–Crippen LogP) is 3.01. The van der Waals surface area contributed by atoms with E-state index in [1.807, 2.05) is 19.9 Å². The van der Waals surface area contributed by atoms with Crippen molar-refractivity contribution >= 4 is 17.5 Å². The second-order valence-corrected chi connectivity index (χ2v) is 8.54. The van der Waals surface area contributed by atoms with Gasteiger partial charge in [0.15, 0.2) is 11.3 Å². The highest BCUT2D eigenvalue weighted by molar-refractivity contribution is 5.96. The average molecular weight is 420 g/mol. The van der Waals surface area contributed by atoms with Crippen LogP contribution in [0.3, 0.4) is 0 Å². The lowest BCUT2D eigenvalue weighted by atomic mass is 9.79. The standard InChI is InChI=1S/C24H29N5O2/c1-16-19(17(2)29-15-27-21(22(25)31)23(29)28-16)10-11-20(30)26-14-24(12-6-7-13-24)18-8-4-3-5-9-18/h3-5,8-9,15H,6-7,10-14H2,1-2H3,(H2,25,31)(H,26,30). The van der Waals surface area contributed by atoms with Gasteiger partial charge in [-0.15, -0.1) is 0 Å². The number of primary amides is 1. The second kappa shape index (κ2) is 8.49. The maximum Gasteiger partial charge on any atom is 0.271 e. The zero-order chi connectivity index (χ0) is 22.0. The summed E-state index contributed by atoms with van der Waals surface area (Å²) in [6.07, 6.45) is 7.15. The van der Waals surface area contributed by atoms with E-state index in [4.69, 9.17) is 5.73 Å². The van der Waals surface area contributed by atoms with E-state index in [0.717, 1.165) is 29.8 Å². The molecule has 0 spiro atoms. The summed E-state index contributed by atoms with van der Waals surface area (Å²) >= 11 is 0. The van der Waals surface area contributed by atoms with Crippen LogP contribution in [-0.4, -0.2) is 32.7 Å². The number of nitrogens with one attached hydrogen (secondary N) is 1. The molecular formula is C24H29N5O2. The van der Waals surface area contributed by atoms with Crippen molar-refractivity contribution < 1.29 is 9.59 Å². The molecule has 4 rings (SSSR count). The minimum atomic E-state index is -0.597. The topological polar surface area (TPSA) is 102 Å². The van der Waals surface area contributed by atoms with Gasteiger partial charge in [-0.25, -0.2) is 9.97 Å². The van der Waals surface area contributed by atoms with E-state index in [-0.39, 0.29) is 17.0 Å². The zero-order valence-electron chi connectivity index (χ0n) is 18.1. The summed E-state index contributed by atoms with van der Waals surface area (Å²) in [7, 11) is 0. The molecule has 0 unspecified atom stereocenters. The van der Waals surface area contributed by atoms with Crippen molar-refractivity contribution in [1.29, 1.82) is 0 Å². The number of amides is 2. The van der Waals surface area contributed by atoms with Gasteiger partial charge in [-0.2, -0.15) is 0 Å². The van der Waals surface area contributed by atoms with Crippen LogP contribution in [0.5, 0.6) is 0 Å². The normalized spacial score (nSPS) is 15.3. The fraction of sp³-hybridized carbons (Fsp3) is 0.417. The quantitative estimate of drug-likeness (QED) is 0.614. The van der Waals surface area contributed by atoms with E-state index in [1.54, 1.807) is 10.7 Å². The van der Waals surface area contributed by atoms with Crippen LogP contribution < -0.4 is 11.1 Å². The molecule has 7 heteroatoms. The van der Waals surface area contributed by atoms with Crippen molar-refractivity contribution in [2.75, 3.05) is 6.54 Å². The Morgan fingerprint density at radius 3 is 2.55 bits per heavy atom. The fourth-order valence-electron chi connectivity index (χ4n) is 4.87. The van der Waals surface area contributed by atoms with Gasteiger partial charge in [0.1, 0.15) is 6.33 Å². The summed E-state index contributed by atoms with van der Waals surface area (Å²) in [5.41, 5.74) is 10.1. The van der Waals surface area contributed by atoms with Crippen molar-refractivity contribution in [2.24, 2.45) is 5.73 Å². The number of carbonyl (C=O) groups excluding carboxylic acids is 2. The Morgan fingerprint density at radius 1 is 1.16 bits per heavy atom. The van der Waals surface area contributed by atoms with Crippen molar-refractivity contribution in [1.82, 2.24) is 19.7 Å². The predicted molar refractivity (Wildman–Crippen MR) is 119 cm³/mol. The van der Waals surface area contributed by atoms with Crippen molar-refractivity contribution in [3.05, 3.63) is 64.9 Å². The van der Waals surface area contributed by atoms with Gasteiger partial charge in [0.2, 0.25) is 5.91 Å². The Bertz CT molecular complexity index is 1110. The van der Waals surface area contributed by atoms with Gasteiger partial charge in [0.05, 0.1) is 0 Å². The lowest BCUT2D eigenvalue weighted by Crippen LogP contribution is -2.39. The van der Waals surface area contributed by atoms with Crippen LogP contribution in [0.25, 0.3) is 5.65 Å². The zero-order valence-corrected chi connectivity index (χ0v) is 18.1. The van der Waals surface area contributed by atoms with Crippen LogP contribution in [0, 0.1) is 13.8 Å². The lowest BCUT2D eigenvalue weighted by molar-refractivity contribution is -0.121. The molecule has 1 saturated carbocycles. The van der Waals surface area contributed by atoms with E-state index >= 15 is 0 Å². The third-order valence-corrected chi connectivity index (χ3v) is 6.66. The molecule has 3 N–H and O–H groups in total. The van der Waals surface area contributed by atoms with Gasteiger partial charge < -0.3 is 11.1 Å². The number of aromatic nitrogens is 3. The summed E-state index contributed by atoms with van der Waals surface area (Å²) in [6, 6.07) is 10.5. The van der Waals surface area contributed by atoms with Gasteiger partial charge >= 0.3 is 0 Å². The molecule has 0 aliphatic heterocycles. The first-order valence-electron chi connectivity index (χ1n) is 10.9. The number of rotatable bonds is 7. The molecule has 3 aromatic rings. The third kappa shape index (κ3) is 4.04. The number of aryl methyl sites for hydroxylation is 2. The van der Waals surface area contributed by atoms with Crippen LogP contribution in [0.4, 0.5) is 0 Å². The third-order valence-electron chi connectivity index (χ3n) is 6.66. The number of hydrogen-bond acceptors (Lipinski definition) is 4. The van der Waals surface area contributed by atoms with Crippen LogP contribution in [0.2, 0.25) is 0 Å². The maximum atomic E-state index is 12.7. The molecule has 1 aliphatic rings. The van der Waals surface area contributed by atoms with Gasteiger partial charge in [-0.3, -0.25) is 14.0 Å². The van der Waals surface area contributed by atoms with Gasteiger partial charge in [-0.1, -0.05) is 43.2 Å². The summed E-state index contributed by atoms with van der Waals surface area (Å²) in [4.78, 5) is 32.9. The Morgan fingerprint density at radius 2 is 1.87 bits per heavy atom. The molecular weight excluding hydrogens is 390 g/mol. The molecule has 2 heterocycles. The number of hydrogen-bond donors (Lipinski definition) is 2. The van der Waals surface area contributed by atoms with E-state index in [9.17, 15) is 9.59 Å². The number of nitrogens with two attached hydrogens (primary N) is 1. The van der Waals surface area contributed by atoms with Crippen molar-refractivity contribution in [2.45, 2.75) is 57.8 Å². The van der Waals surface area contributed by atoms with Gasteiger partial charge in [-0.05, 0) is 44.2 Å². The van der Waals surface area contributed by atoms with E-state index in [2.05, 4.69) is 39.6 Å². The molecule has 7 nitrogen and oxygen atoms in total. The molecule has 31 heavy (non-hydrogen) atoms. The molecule has 0 bridgehead atoms. The monoisotopic (exact) mass is 419 g/mol. The maximum absolute atomic E-state index is 12.7. The van der Waals surface area contributed by atoms with Crippen molar-refractivity contribution in [3.8, 4) is 0 Å². The highest BCUT2D eigenvalue weighted by atomic mass is 16.2. The number of fused-ring (bicyclic) bond motifs is 1. The molecule has 1 aliphatic carbocycles. The Hall–Kier alpha value is -3.22. The first kappa shape index (κ1) is 21.0. The lowest BCUT2D eigenvalue weighted by Gasteiger charge is -2.30. The average Bonchev–Trinajstić information content (AvgIpc) is 3.41. The van der Waals surface area contributed by atoms with E-state index in [1.165, 1.54) is 18.4 Å². The minimum Gasteiger partial charge on any atom is -0.364 e. The first-order chi connectivity index (χ1) is 14.9. The molecule has 2 aromatic heterocycles. The first-order valence-corrected chi connectivity index (χ1v) is 10.9. The van der Waals surface area contributed by atoms with Gasteiger partial charge in [0, 0.05) is 29.8 Å². The highest BCUT2D eigenvalue weighted by Crippen LogP contribution is 2.40. The molecule has 0 atom stereocenters. The smallest absolute Gasteiger partial charge is 0.271 e. The van der Waals surface area contributed by atoms with E-state index < -0.39 is 5.91 Å². The van der Waals surface area contributed by atoms with E-state index in [0.29, 0.717) is 25.0 Å². The molecule has 0 radical (unpaired) electrons. The largest absolute Gasteiger partial charge is 0.364 e. The summed E-state index contributed by atoms with van der Waals surface area (Å²) in [5, 5.41) is 3.19. The van der Waals surface area contributed by atoms with Crippen molar-refractivity contribution in [3.63, 3.8) is 0 Å². The Labute approximate surface area is 182 Å². The van der Waals surface area contributed by atoms with Crippen LogP contribution >= 0.6 is 0 Å². The minimum absolute atomic E-state index is 0.0459. The Kier molecular flexibility index (Phi) is 5.76. The molecule has 2 amide bonds. The number of imidazole rings is 1. The molecule has 1 fully saturated rings. The summed E-state index contributed by atoms with van der Waals surface area (Å²) in [5.74, 6) is -0.551. The second-order valence-electron chi connectivity index (χ2n) is 8.54. The molecule has 1 aromatic carbocycles. The number of benzene rings is 1. The number of carbonyl (C=O) groups is 2. The highest BCUT2D eigenvalue weighted by Gasteiger charge is 2.35. The number of nitrogens with zero attached hydrogens (tertiary/aromatic N) is 3. The summed E-state index contributed by atoms with van der Waals surface area (Å²) in [6.45, 7) is 4.51. The SMILES string of the molecule is Cc1nc2c(C(N)=O)ncn2c(C)c1CCC(=O)NCC1(c2ccccc2)CCCC1. The van der Waals surface area contributed by atoms with Crippen LogP contribution in [0.1, 0.15) is 65.1 Å². The fourth-order valence-corrected chi connectivity index (χ4v) is 4.87. The van der Waals surface area contributed by atoms with Gasteiger partial charge in [0.25, 0.3) is 5.91 Å². The summed E-state index contributed by atoms with van der Waals surface area (Å²) < 4.78 is 1.77. The van der Waals surface area contributed by atoms with Crippen LogP contribution in [0.15, 0.2) is 36.7 Å². The molecule has 0 saturated heterocycles. The molecule has 162 valence electrons. The Balaban J connectivity index is 1.44.